The minimum atomic E-state index is -0.740. The first kappa shape index (κ1) is 35.8. The number of urea groups is 1. The monoisotopic (exact) mass is 598 g/mol. The molecule has 7 atom stereocenters. The molecule has 12 nitrogen and oxygen atoms in total. The second-order valence-corrected chi connectivity index (χ2v) is 11.9. The van der Waals surface area contributed by atoms with Crippen LogP contribution < -0.4 is 5.32 Å². The van der Waals surface area contributed by atoms with Crippen LogP contribution in [0, 0.1) is 17.8 Å². The van der Waals surface area contributed by atoms with E-state index in [-0.39, 0.29) is 48.1 Å². The average Bonchev–Trinajstić information content (AvgIpc) is 3.48. The number of morpholine rings is 1. The summed E-state index contributed by atoms with van der Waals surface area (Å²) < 4.78 is 21.9. The number of carbonyl (C=O) groups is 4. The maximum absolute atomic E-state index is 13.9. The predicted molar refractivity (Wildman–Crippen MR) is 158 cm³/mol. The molecule has 0 aromatic heterocycles. The second kappa shape index (κ2) is 17.0. The molecule has 12 heteroatoms. The molecule has 1 N–H and O–H groups in total. The summed E-state index contributed by atoms with van der Waals surface area (Å²) in [5.74, 6) is -1.39. The molecule has 4 amide bonds. The molecular formula is C30H54N4O8. The summed E-state index contributed by atoms with van der Waals surface area (Å²) in [6.07, 6.45) is 1.27. The van der Waals surface area contributed by atoms with Gasteiger partial charge in [-0.05, 0) is 31.6 Å². The van der Waals surface area contributed by atoms with Crippen LogP contribution in [-0.2, 0) is 33.3 Å². The lowest BCUT2D eigenvalue weighted by Gasteiger charge is -2.41. The van der Waals surface area contributed by atoms with E-state index in [9.17, 15) is 19.2 Å². The summed E-state index contributed by atoms with van der Waals surface area (Å²) in [5.41, 5.74) is 0. The molecule has 2 fully saturated rings. The van der Waals surface area contributed by atoms with Crippen molar-refractivity contribution in [2.24, 2.45) is 17.8 Å². The van der Waals surface area contributed by atoms with Crippen LogP contribution in [-0.4, -0.2) is 130 Å². The SMILES string of the molecule is CC[C@H](C)[C@@H]([C@@H](CC(=O)N1CCC[C@H]1[C@H](OC)[C@@H](C)C(=O)OC)OC)N(C)C(=O)[C@@H](NC(=O)N1CCOCC1)C(C)C. The molecule has 42 heavy (non-hydrogen) atoms. The maximum Gasteiger partial charge on any atom is 0.318 e. The highest BCUT2D eigenvalue weighted by Gasteiger charge is 2.43. The van der Waals surface area contributed by atoms with Crippen molar-refractivity contribution in [3.05, 3.63) is 0 Å². The van der Waals surface area contributed by atoms with Gasteiger partial charge in [-0.2, -0.15) is 0 Å². The smallest absolute Gasteiger partial charge is 0.318 e. The van der Waals surface area contributed by atoms with Crippen LogP contribution in [0.4, 0.5) is 4.79 Å². The quantitative estimate of drug-likeness (QED) is 0.302. The molecule has 0 spiro atoms. The highest BCUT2D eigenvalue weighted by molar-refractivity contribution is 5.87. The van der Waals surface area contributed by atoms with Crippen LogP contribution in [0.3, 0.4) is 0 Å². The zero-order valence-corrected chi connectivity index (χ0v) is 27.1. The summed E-state index contributed by atoms with van der Waals surface area (Å²) in [4.78, 5) is 58.1. The van der Waals surface area contributed by atoms with Crippen molar-refractivity contribution in [1.82, 2.24) is 20.0 Å². The number of methoxy groups -OCH3 is 3. The lowest BCUT2D eigenvalue weighted by atomic mass is 9.89. The topological polar surface area (TPSA) is 127 Å². The molecule has 2 aliphatic heterocycles. The second-order valence-electron chi connectivity index (χ2n) is 11.9. The number of nitrogens with zero attached hydrogens (tertiary/aromatic N) is 3. The van der Waals surface area contributed by atoms with Crippen molar-refractivity contribution in [3.63, 3.8) is 0 Å². The van der Waals surface area contributed by atoms with E-state index in [1.807, 2.05) is 27.7 Å². The first-order chi connectivity index (χ1) is 19.9. The molecule has 2 heterocycles. The fraction of sp³-hybridized carbons (Fsp3) is 0.867. The summed E-state index contributed by atoms with van der Waals surface area (Å²) in [6, 6.07) is -1.70. The largest absolute Gasteiger partial charge is 0.469 e. The number of likely N-dealkylation sites (tertiary alicyclic amines) is 1. The van der Waals surface area contributed by atoms with Gasteiger partial charge in [-0.25, -0.2) is 4.79 Å². The minimum absolute atomic E-state index is 0.0138. The molecular weight excluding hydrogens is 544 g/mol. The molecule has 242 valence electrons. The number of nitrogens with one attached hydrogen (secondary N) is 1. The lowest BCUT2D eigenvalue weighted by molar-refractivity contribution is -0.154. The highest BCUT2D eigenvalue weighted by atomic mass is 16.5. The standard InChI is InChI=1S/C30H54N4O8/c1-10-20(4)26(32(6)28(36)25(19(2)3)31-30(38)33-14-16-42-17-15-33)23(39-7)18-24(35)34-13-11-12-22(34)27(40-8)21(5)29(37)41-9/h19-23,25-27H,10-18H2,1-9H3,(H,31,38)/t20-,21+,22-,23+,25-,26-,27+/m0/s1. The van der Waals surface area contributed by atoms with Crippen molar-refractivity contribution in [2.75, 3.05) is 61.2 Å². The number of rotatable bonds is 14. The first-order valence-electron chi connectivity index (χ1n) is 15.3. The van der Waals surface area contributed by atoms with Gasteiger partial charge in [0.2, 0.25) is 11.8 Å². The Hall–Kier alpha value is -2.44. The number of likely N-dealkylation sites (N-methyl/N-ethyl adjacent to an activating group) is 1. The zero-order valence-electron chi connectivity index (χ0n) is 27.1. The molecule has 0 aromatic carbocycles. The van der Waals surface area contributed by atoms with Crippen LogP contribution in [0.15, 0.2) is 0 Å². The van der Waals surface area contributed by atoms with Crippen LogP contribution in [0.2, 0.25) is 0 Å². The Kier molecular flexibility index (Phi) is 14.5. The molecule has 2 saturated heterocycles. The van der Waals surface area contributed by atoms with Crippen LogP contribution in [0.5, 0.6) is 0 Å². The molecule has 0 aliphatic carbocycles. The Morgan fingerprint density at radius 3 is 2.17 bits per heavy atom. The van der Waals surface area contributed by atoms with E-state index in [2.05, 4.69) is 5.32 Å². The summed E-state index contributed by atoms with van der Waals surface area (Å²) >= 11 is 0. The Labute approximate surface area is 251 Å². The van der Waals surface area contributed by atoms with Gasteiger partial charge in [-0.15, -0.1) is 0 Å². The van der Waals surface area contributed by atoms with E-state index in [0.29, 0.717) is 32.8 Å². The number of ether oxygens (including phenoxy) is 4. The Bertz CT molecular complexity index is 897. The van der Waals surface area contributed by atoms with Crippen LogP contribution in [0.25, 0.3) is 0 Å². The fourth-order valence-electron chi connectivity index (χ4n) is 6.20. The van der Waals surface area contributed by atoms with E-state index in [0.717, 1.165) is 19.3 Å². The number of amides is 4. The van der Waals surface area contributed by atoms with Gasteiger partial charge < -0.3 is 39.0 Å². The van der Waals surface area contributed by atoms with E-state index in [4.69, 9.17) is 18.9 Å². The maximum atomic E-state index is 13.9. The van der Waals surface area contributed by atoms with E-state index in [1.165, 1.54) is 7.11 Å². The van der Waals surface area contributed by atoms with Crippen molar-refractivity contribution >= 4 is 23.8 Å². The molecule has 2 rings (SSSR count). The van der Waals surface area contributed by atoms with Gasteiger partial charge in [0.15, 0.2) is 0 Å². The Morgan fingerprint density at radius 1 is 1.00 bits per heavy atom. The number of esters is 1. The first-order valence-corrected chi connectivity index (χ1v) is 15.3. The van der Waals surface area contributed by atoms with Gasteiger partial charge in [0, 0.05) is 40.9 Å². The summed E-state index contributed by atoms with van der Waals surface area (Å²) in [7, 11) is 6.18. The molecule has 0 bridgehead atoms. The Morgan fingerprint density at radius 2 is 1.64 bits per heavy atom. The van der Waals surface area contributed by atoms with Crippen LogP contribution in [0.1, 0.15) is 60.3 Å². The van der Waals surface area contributed by atoms with Gasteiger partial charge in [-0.3, -0.25) is 14.4 Å². The lowest BCUT2D eigenvalue weighted by Crippen LogP contribution is -2.59. The molecule has 0 aromatic rings. The predicted octanol–water partition coefficient (Wildman–Crippen LogP) is 2.15. The van der Waals surface area contributed by atoms with Gasteiger partial charge in [-0.1, -0.05) is 34.1 Å². The highest BCUT2D eigenvalue weighted by Crippen LogP contribution is 2.29. The third-order valence-corrected chi connectivity index (χ3v) is 8.93. The van der Waals surface area contributed by atoms with Gasteiger partial charge in [0.1, 0.15) is 6.04 Å². The third-order valence-electron chi connectivity index (χ3n) is 8.93. The molecule has 0 saturated carbocycles. The van der Waals surface area contributed by atoms with Crippen molar-refractivity contribution in [3.8, 4) is 0 Å². The third kappa shape index (κ3) is 8.79. The number of carbonyl (C=O) groups excluding carboxylic acids is 4. The zero-order chi connectivity index (χ0) is 31.6. The summed E-state index contributed by atoms with van der Waals surface area (Å²) in [5, 5.41) is 2.94. The number of hydrogen-bond donors (Lipinski definition) is 1. The van der Waals surface area contributed by atoms with Gasteiger partial charge >= 0.3 is 12.0 Å². The minimum Gasteiger partial charge on any atom is -0.469 e. The Balaban J connectivity index is 2.24. The fourth-order valence-corrected chi connectivity index (χ4v) is 6.20. The average molecular weight is 599 g/mol. The van der Waals surface area contributed by atoms with E-state index < -0.39 is 30.2 Å². The van der Waals surface area contributed by atoms with Crippen molar-refractivity contribution in [2.45, 2.75) is 90.6 Å². The van der Waals surface area contributed by atoms with Gasteiger partial charge in [0.25, 0.3) is 0 Å². The molecule has 2 aliphatic rings. The van der Waals surface area contributed by atoms with E-state index >= 15 is 0 Å². The molecule has 0 radical (unpaired) electrons. The van der Waals surface area contributed by atoms with Crippen LogP contribution >= 0.6 is 0 Å². The van der Waals surface area contributed by atoms with Crippen molar-refractivity contribution in [1.29, 1.82) is 0 Å². The van der Waals surface area contributed by atoms with Gasteiger partial charge in [0.05, 0.1) is 57.0 Å². The normalized spacial score (nSPS) is 21.7. The van der Waals surface area contributed by atoms with E-state index in [1.54, 1.807) is 42.9 Å². The number of hydrogen-bond acceptors (Lipinski definition) is 8. The summed E-state index contributed by atoms with van der Waals surface area (Å²) in [6.45, 7) is 12.1. The molecule has 0 unspecified atom stereocenters. The van der Waals surface area contributed by atoms with Crippen molar-refractivity contribution < 1.29 is 38.1 Å².